The van der Waals surface area contributed by atoms with E-state index in [1.165, 1.54) is 4.90 Å². The first-order chi connectivity index (χ1) is 24.3. The molecule has 12 heteroatoms. The molecule has 3 rings (SSSR count). The van der Waals surface area contributed by atoms with Gasteiger partial charge in [-0.15, -0.1) is 0 Å². The van der Waals surface area contributed by atoms with E-state index in [0.717, 1.165) is 50.5 Å². The van der Waals surface area contributed by atoms with Gasteiger partial charge in [-0.05, 0) is 55.3 Å². The number of hydrogen-bond acceptors (Lipinski definition) is 6. The second-order valence-corrected chi connectivity index (χ2v) is 17.8. The summed E-state index contributed by atoms with van der Waals surface area (Å²) in [4.78, 5) is 84.9. The minimum atomic E-state index is -1.02. The van der Waals surface area contributed by atoms with Crippen LogP contribution in [0.4, 0.5) is 4.79 Å². The van der Waals surface area contributed by atoms with Crippen LogP contribution in [0, 0.1) is 22.7 Å². The van der Waals surface area contributed by atoms with Crippen molar-refractivity contribution in [2.45, 2.75) is 163 Å². The minimum Gasteiger partial charge on any atom is -0.347 e. The Bertz CT molecular complexity index is 1310. The van der Waals surface area contributed by atoms with E-state index in [-0.39, 0.29) is 41.8 Å². The highest BCUT2D eigenvalue weighted by molar-refractivity contribution is 6.38. The summed E-state index contributed by atoms with van der Waals surface area (Å²) in [6.07, 6.45) is 8.29. The van der Waals surface area contributed by atoms with Gasteiger partial charge >= 0.3 is 6.03 Å². The second kappa shape index (κ2) is 18.5. The van der Waals surface area contributed by atoms with Crippen LogP contribution in [0.15, 0.2) is 12.2 Å². The van der Waals surface area contributed by atoms with Crippen molar-refractivity contribution in [2.24, 2.45) is 22.7 Å². The van der Waals surface area contributed by atoms with E-state index in [0.29, 0.717) is 38.8 Å². The highest BCUT2D eigenvalue weighted by Crippen LogP contribution is 2.36. The summed E-state index contributed by atoms with van der Waals surface area (Å²) >= 11 is 0. The Hall–Kier alpha value is -3.44. The first-order valence-corrected chi connectivity index (χ1v) is 19.7. The number of Topliss-reactive ketones (excluding diaryl/α,β-unsaturated/α-hetero) is 1. The van der Waals surface area contributed by atoms with Gasteiger partial charge in [0.2, 0.25) is 23.5 Å². The molecule has 1 aliphatic carbocycles. The third-order valence-electron chi connectivity index (χ3n) is 10.8. The van der Waals surface area contributed by atoms with Crippen molar-refractivity contribution in [2.75, 3.05) is 19.6 Å². The Morgan fingerprint density at radius 1 is 0.865 bits per heavy atom. The molecule has 5 atom stereocenters. The molecule has 0 aromatic rings. The number of urea groups is 1. The van der Waals surface area contributed by atoms with Crippen molar-refractivity contribution < 1.29 is 28.8 Å². The van der Waals surface area contributed by atoms with Crippen LogP contribution >= 0.6 is 0 Å². The molecule has 294 valence electrons. The zero-order valence-corrected chi connectivity index (χ0v) is 33.5. The third-order valence-corrected chi connectivity index (χ3v) is 10.8. The lowest BCUT2D eigenvalue weighted by atomic mass is 9.83. The van der Waals surface area contributed by atoms with Gasteiger partial charge in [0.1, 0.15) is 12.1 Å². The lowest BCUT2D eigenvalue weighted by Crippen LogP contribution is -2.62. The van der Waals surface area contributed by atoms with E-state index in [4.69, 9.17) is 0 Å². The number of hydrogen-bond donors (Lipinski definition) is 4. The van der Waals surface area contributed by atoms with Crippen LogP contribution in [0.25, 0.3) is 0 Å². The van der Waals surface area contributed by atoms with E-state index in [1.54, 1.807) is 4.90 Å². The zero-order valence-electron chi connectivity index (χ0n) is 33.5. The fourth-order valence-electron chi connectivity index (χ4n) is 7.08. The summed E-state index contributed by atoms with van der Waals surface area (Å²) in [6, 6.07) is -3.89. The molecule has 12 nitrogen and oxygen atoms in total. The maximum atomic E-state index is 14.6. The number of nitrogens with zero attached hydrogens (tertiary/aromatic N) is 2. The quantitative estimate of drug-likeness (QED) is 0.0953. The number of carbonyl (C=O) groups is 6. The molecular formula is C40H68N6O6. The number of carbonyl (C=O) groups excluding carboxylic acids is 6. The number of amides is 6. The molecule has 52 heavy (non-hydrogen) atoms. The standard InChI is InChI=1S/C40H68N6O6/c1-11-12-13-14-17-29(33(48)36(50)41-27-19-20-27)42-35(49)32-28(26(4)25(2)3)21-23-46(32)37(51)34(40(8,9)10)44-38(52)43-30(39(5,6)7)24-45-22-16-15-18-31(45)47/h25,27-30,32,34H,4,11-24H2,1-3,5-10H3,(H,41,50)(H,42,49)(H2,43,44,52)/t28-,29?,30-,32+,34-/m1/s1. The van der Waals surface area contributed by atoms with Crippen molar-refractivity contribution in [1.29, 1.82) is 0 Å². The molecule has 1 saturated carbocycles. The van der Waals surface area contributed by atoms with Gasteiger partial charge in [-0.25, -0.2) is 4.79 Å². The van der Waals surface area contributed by atoms with Crippen molar-refractivity contribution in [1.82, 2.24) is 31.1 Å². The van der Waals surface area contributed by atoms with E-state index < -0.39 is 53.1 Å². The van der Waals surface area contributed by atoms with E-state index in [2.05, 4.69) is 34.8 Å². The summed E-state index contributed by atoms with van der Waals surface area (Å²) in [5.41, 5.74) is -0.286. The number of unbranched alkanes of at least 4 members (excludes halogenated alkanes) is 3. The zero-order chi connectivity index (χ0) is 39.0. The summed E-state index contributed by atoms with van der Waals surface area (Å²) in [5.74, 6) is -2.52. The lowest BCUT2D eigenvalue weighted by Gasteiger charge is -2.39. The topological polar surface area (TPSA) is 157 Å². The second-order valence-electron chi connectivity index (χ2n) is 17.8. The molecule has 0 aromatic carbocycles. The summed E-state index contributed by atoms with van der Waals surface area (Å²) in [5, 5.41) is 11.7. The molecule has 3 aliphatic rings. The van der Waals surface area contributed by atoms with Gasteiger partial charge in [0.15, 0.2) is 0 Å². The number of rotatable bonds is 17. The van der Waals surface area contributed by atoms with Gasteiger partial charge < -0.3 is 31.1 Å². The monoisotopic (exact) mass is 729 g/mol. The van der Waals surface area contributed by atoms with Crippen LogP contribution < -0.4 is 21.3 Å². The molecule has 0 bridgehead atoms. The van der Waals surface area contributed by atoms with Crippen LogP contribution in [-0.2, 0) is 24.0 Å². The Kier molecular flexibility index (Phi) is 15.3. The largest absolute Gasteiger partial charge is 0.347 e. The SMILES string of the molecule is C=C(C(C)C)[C@H]1CCN(C(=O)[C@@H](NC(=O)N[C@H](CN2CCCCC2=O)C(C)(C)C)C(C)(C)C)[C@@H]1C(=O)NC(CCCCCC)C(=O)C(=O)NC1CC1. The molecular weight excluding hydrogens is 660 g/mol. The van der Waals surface area contributed by atoms with Crippen LogP contribution in [0.3, 0.4) is 0 Å². The van der Waals surface area contributed by atoms with Crippen molar-refractivity contribution in [3.63, 3.8) is 0 Å². The Balaban J connectivity index is 1.86. The minimum absolute atomic E-state index is 0.000414. The number of ketones is 1. The van der Waals surface area contributed by atoms with E-state index in [9.17, 15) is 28.8 Å². The molecule has 0 radical (unpaired) electrons. The first-order valence-electron chi connectivity index (χ1n) is 19.7. The Morgan fingerprint density at radius 3 is 2.10 bits per heavy atom. The van der Waals surface area contributed by atoms with Crippen molar-refractivity contribution >= 4 is 35.4 Å². The fourth-order valence-corrected chi connectivity index (χ4v) is 7.08. The highest BCUT2D eigenvalue weighted by atomic mass is 16.2. The number of piperidine rings is 1. The van der Waals surface area contributed by atoms with Crippen LogP contribution in [0.1, 0.15) is 133 Å². The summed E-state index contributed by atoms with van der Waals surface area (Å²) in [7, 11) is 0. The fraction of sp³-hybridized carbons (Fsp3) is 0.800. The van der Waals surface area contributed by atoms with E-state index in [1.807, 2.05) is 55.4 Å². The highest BCUT2D eigenvalue weighted by Gasteiger charge is 2.48. The number of likely N-dealkylation sites (tertiary alicyclic amines) is 2. The average Bonchev–Trinajstić information content (AvgIpc) is 3.76. The molecule has 3 fully saturated rings. The number of nitrogens with one attached hydrogen (secondary N) is 4. The van der Waals surface area contributed by atoms with Crippen LogP contribution in [0.2, 0.25) is 0 Å². The Labute approximate surface area is 312 Å². The lowest BCUT2D eigenvalue weighted by molar-refractivity contribution is -0.144. The van der Waals surface area contributed by atoms with Gasteiger partial charge in [0.25, 0.3) is 5.91 Å². The maximum absolute atomic E-state index is 14.6. The van der Waals surface area contributed by atoms with Gasteiger partial charge in [-0.3, -0.25) is 24.0 Å². The Morgan fingerprint density at radius 2 is 1.54 bits per heavy atom. The molecule has 6 amide bonds. The average molecular weight is 729 g/mol. The van der Waals surface area contributed by atoms with Crippen LogP contribution in [0.5, 0.6) is 0 Å². The molecule has 1 unspecified atom stereocenters. The predicted molar refractivity (Wildman–Crippen MR) is 203 cm³/mol. The summed E-state index contributed by atoms with van der Waals surface area (Å²) in [6.45, 7) is 23.3. The van der Waals surface area contributed by atoms with Gasteiger partial charge in [0.05, 0.1) is 12.1 Å². The molecule has 0 spiro atoms. The molecule has 2 heterocycles. The maximum Gasteiger partial charge on any atom is 0.315 e. The van der Waals surface area contributed by atoms with Crippen molar-refractivity contribution in [3.8, 4) is 0 Å². The van der Waals surface area contributed by atoms with Gasteiger partial charge in [-0.2, -0.15) is 0 Å². The molecule has 0 aromatic heterocycles. The molecule has 4 N–H and O–H groups in total. The third kappa shape index (κ3) is 12.0. The normalized spacial score (nSPS) is 21.3. The van der Waals surface area contributed by atoms with Crippen molar-refractivity contribution in [3.05, 3.63) is 12.2 Å². The first kappa shape index (κ1) is 43.0. The molecule has 2 saturated heterocycles. The van der Waals surface area contributed by atoms with Gasteiger partial charge in [0, 0.05) is 38.0 Å². The predicted octanol–water partition coefficient (Wildman–Crippen LogP) is 4.86. The van der Waals surface area contributed by atoms with E-state index >= 15 is 0 Å². The van der Waals surface area contributed by atoms with Crippen LogP contribution in [-0.4, -0.2) is 95.1 Å². The van der Waals surface area contributed by atoms with Gasteiger partial charge in [-0.1, -0.05) is 100 Å². The molecule has 2 aliphatic heterocycles. The summed E-state index contributed by atoms with van der Waals surface area (Å²) < 4.78 is 0. The smallest absolute Gasteiger partial charge is 0.315 e.